The second kappa shape index (κ2) is 9.32. The molecule has 88 valence electrons. The van der Waals surface area contributed by atoms with E-state index in [1.807, 2.05) is 18.2 Å². The Hall–Kier alpha value is 0.280. The van der Waals surface area contributed by atoms with E-state index in [0.717, 1.165) is 17.9 Å². The van der Waals surface area contributed by atoms with Crippen molar-refractivity contribution >= 4 is 37.7 Å². The third-order valence-electron chi connectivity index (χ3n) is 2.72. The third-order valence-corrected chi connectivity index (χ3v) is 2.72. The normalized spacial score (nSPS) is 10.2. The van der Waals surface area contributed by atoms with Crippen LogP contribution in [0.2, 0.25) is 0 Å². The molecule has 0 aliphatic heterocycles. The van der Waals surface area contributed by atoms with Crippen LogP contribution in [0.3, 0.4) is 0 Å². The van der Waals surface area contributed by atoms with Gasteiger partial charge in [0.15, 0.2) is 0 Å². The summed E-state index contributed by atoms with van der Waals surface area (Å²) >= 11 is 0. The van der Waals surface area contributed by atoms with Crippen LogP contribution >= 0.6 is 0 Å². The number of para-hydroxylation sites is 1. The summed E-state index contributed by atoms with van der Waals surface area (Å²) in [5.74, 6) is 1.26. The van der Waals surface area contributed by atoms with Crippen molar-refractivity contribution in [2.24, 2.45) is 5.92 Å². The minimum absolute atomic E-state index is 0. The number of benzene rings is 1. The van der Waals surface area contributed by atoms with Crippen molar-refractivity contribution in [1.82, 2.24) is 0 Å². The van der Waals surface area contributed by atoms with Crippen LogP contribution in [0.4, 0.5) is 0 Å². The number of rotatable bonds is 6. The number of hydrogen-bond acceptors (Lipinski definition) is 1. The molecule has 16 heavy (non-hydrogen) atoms. The van der Waals surface area contributed by atoms with Gasteiger partial charge in [0, 0.05) is 0 Å². The van der Waals surface area contributed by atoms with E-state index < -0.39 is 0 Å². The van der Waals surface area contributed by atoms with Crippen LogP contribution in [0.5, 0.6) is 5.75 Å². The van der Waals surface area contributed by atoms with Crippen LogP contribution in [0, 0.1) is 5.92 Å². The second-order valence-corrected chi connectivity index (χ2v) is 4.62. The fraction of sp³-hybridized carbons (Fsp3) is 0.571. The first-order valence-electron chi connectivity index (χ1n) is 5.97. The number of phenolic OH excluding ortho intramolecular Hbond substituents is 1. The Morgan fingerprint density at radius 3 is 2.44 bits per heavy atom. The molecule has 0 saturated carbocycles. The fourth-order valence-corrected chi connectivity index (χ4v) is 1.77. The zero-order chi connectivity index (χ0) is 11.1. The van der Waals surface area contributed by atoms with E-state index in [1.165, 1.54) is 25.7 Å². The Kier molecular flexibility index (Phi) is 9.49. The maximum Gasteiger partial charge on any atom is 2.00 e. The Bertz CT molecular complexity index is 293. The monoisotopic (exact) mass is 248 g/mol. The molecular weight excluding hydrogens is 224 g/mol. The van der Waals surface area contributed by atoms with Gasteiger partial charge in [-0.1, -0.05) is 51.3 Å². The van der Waals surface area contributed by atoms with Gasteiger partial charge in [-0.25, -0.2) is 0 Å². The average Bonchev–Trinajstić information content (AvgIpc) is 2.20. The molecule has 0 aliphatic carbocycles. The molecule has 1 aromatic rings. The minimum Gasteiger partial charge on any atom is -1.00 e. The summed E-state index contributed by atoms with van der Waals surface area (Å²) in [6.07, 6.45) is 6.09. The molecule has 0 aliphatic rings. The van der Waals surface area contributed by atoms with Gasteiger partial charge in [-0.3, -0.25) is 0 Å². The zero-order valence-electron chi connectivity index (χ0n) is 12.6. The molecular formula is C14H24CaO. The van der Waals surface area contributed by atoms with Crippen molar-refractivity contribution < 1.29 is 7.96 Å². The Morgan fingerprint density at radius 1 is 1.12 bits per heavy atom. The number of unbranched alkanes of at least 4 members (excludes halogenated alkanes) is 2. The molecule has 1 nitrogen and oxygen atoms in total. The molecule has 0 heterocycles. The SMILES string of the molecule is CC(C)CCCCCc1ccccc1O.[Ca+2].[H-].[H-]. The molecule has 0 saturated heterocycles. The zero-order valence-corrected chi connectivity index (χ0v) is 12.8. The van der Waals surface area contributed by atoms with Crippen molar-refractivity contribution in [2.45, 2.75) is 46.0 Å². The predicted molar refractivity (Wildman–Crippen MR) is 73.1 cm³/mol. The van der Waals surface area contributed by atoms with Gasteiger partial charge in [0.25, 0.3) is 0 Å². The molecule has 1 rings (SSSR count). The third kappa shape index (κ3) is 6.77. The molecule has 1 N–H and O–H groups in total. The maximum atomic E-state index is 9.56. The first-order valence-corrected chi connectivity index (χ1v) is 5.97. The standard InChI is InChI=1S/C14H22O.Ca.2H/c1-12(2)8-4-3-5-9-13-10-6-7-11-14(13)15;;;/h6-7,10-12,15H,3-5,8-9H2,1-2H3;;;/q;+2;2*-1. The van der Waals surface area contributed by atoms with Gasteiger partial charge in [0.1, 0.15) is 5.75 Å². The van der Waals surface area contributed by atoms with Gasteiger partial charge in [0.05, 0.1) is 0 Å². The number of aryl methyl sites for hydroxylation is 1. The smallest absolute Gasteiger partial charge is 1.00 e. The molecule has 0 fully saturated rings. The topological polar surface area (TPSA) is 20.2 Å². The Labute approximate surface area is 132 Å². The van der Waals surface area contributed by atoms with Gasteiger partial charge in [-0.05, 0) is 30.4 Å². The molecule has 1 aromatic carbocycles. The molecule has 0 spiro atoms. The van der Waals surface area contributed by atoms with Crippen molar-refractivity contribution in [3.05, 3.63) is 29.8 Å². The minimum atomic E-state index is 0. The van der Waals surface area contributed by atoms with Gasteiger partial charge in [-0.2, -0.15) is 0 Å². The molecule has 2 heteroatoms. The van der Waals surface area contributed by atoms with Crippen LogP contribution < -0.4 is 0 Å². The number of aromatic hydroxyl groups is 1. The van der Waals surface area contributed by atoms with Gasteiger partial charge >= 0.3 is 37.7 Å². The molecule has 0 amide bonds. The largest absolute Gasteiger partial charge is 2.00 e. The molecule has 0 radical (unpaired) electrons. The van der Waals surface area contributed by atoms with Crippen molar-refractivity contribution in [1.29, 1.82) is 0 Å². The first kappa shape index (κ1) is 16.3. The van der Waals surface area contributed by atoms with Gasteiger partial charge < -0.3 is 7.96 Å². The summed E-state index contributed by atoms with van der Waals surface area (Å²) < 4.78 is 0. The first-order chi connectivity index (χ1) is 7.20. The maximum absolute atomic E-state index is 9.56. The van der Waals surface area contributed by atoms with Crippen LogP contribution in [-0.4, -0.2) is 42.8 Å². The van der Waals surface area contributed by atoms with E-state index in [-0.39, 0.29) is 40.6 Å². The van der Waals surface area contributed by atoms with E-state index in [4.69, 9.17) is 0 Å². The van der Waals surface area contributed by atoms with Crippen LogP contribution in [-0.2, 0) is 6.42 Å². The van der Waals surface area contributed by atoms with E-state index in [9.17, 15) is 5.11 Å². The Balaban J connectivity index is -0.000000750. The predicted octanol–water partition coefficient (Wildman–Crippen LogP) is 4.00. The van der Waals surface area contributed by atoms with E-state index >= 15 is 0 Å². The molecule has 0 unspecified atom stereocenters. The average molecular weight is 248 g/mol. The van der Waals surface area contributed by atoms with E-state index in [2.05, 4.69) is 13.8 Å². The van der Waals surface area contributed by atoms with Gasteiger partial charge in [0.2, 0.25) is 0 Å². The van der Waals surface area contributed by atoms with Gasteiger partial charge in [-0.15, -0.1) is 0 Å². The molecule has 0 atom stereocenters. The van der Waals surface area contributed by atoms with Crippen molar-refractivity contribution in [3.63, 3.8) is 0 Å². The number of hydrogen-bond donors (Lipinski definition) is 1. The molecule has 0 bridgehead atoms. The second-order valence-electron chi connectivity index (χ2n) is 4.62. The van der Waals surface area contributed by atoms with E-state index in [1.54, 1.807) is 6.07 Å². The van der Waals surface area contributed by atoms with E-state index in [0.29, 0.717) is 5.75 Å². The van der Waals surface area contributed by atoms with Crippen LogP contribution in [0.15, 0.2) is 24.3 Å². The summed E-state index contributed by atoms with van der Waals surface area (Å²) in [7, 11) is 0. The van der Waals surface area contributed by atoms with Crippen molar-refractivity contribution in [2.75, 3.05) is 0 Å². The Morgan fingerprint density at radius 2 is 1.81 bits per heavy atom. The fourth-order valence-electron chi connectivity index (χ4n) is 1.77. The summed E-state index contributed by atoms with van der Waals surface area (Å²) in [5, 5.41) is 9.56. The van der Waals surface area contributed by atoms with Crippen LogP contribution in [0.1, 0.15) is 47.9 Å². The summed E-state index contributed by atoms with van der Waals surface area (Å²) in [4.78, 5) is 0. The summed E-state index contributed by atoms with van der Waals surface area (Å²) in [5.41, 5.74) is 1.09. The number of phenols is 1. The summed E-state index contributed by atoms with van der Waals surface area (Å²) in [6, 6.07) is 7.64. The quantitative estimate of drug-likeness (QED) is 0.596. The van der Waals surface area contributed by atoms with Crippen LogP contribution in [0.25, 0.3) is 0 Å². The molecule has 0 aromatic heterocycles. The van der Waals surface area contributed by atoms with Crippen molar-refractivity contribution in [3.8, 4) is 5.75 Å². The summed E-state index contributed by atoms with van der Waals surface area (Å²) in [6.45, 7) is 4.53.